The molecule has 1 atom stereocenters. The normalized spacial score (nSPS) is 12.5. The van der Waals surface area contributed by atoms with Crippen molar-refractivity contribution < 1.29 is 5.11 Å². The maximum atomic E-state index is 10.3. The summed E-state index contributed by atoms with van der Waals surface area (Å²) in [5.41, 5.74) is 3.90. The Kier molecular flexibility index (Phi) is 3.46. The largest absolute Gasteiger partial charge is 0.384 e. The minimum atomic E-state index is -0.704. The molecule has 0 radical (unpaired) electrons. The van der Waals surface area contributed by atoms with E-state index in [0.29, 0.717) is 10.6 Å². The SMILES string of the molecule is Cc1ccc(C(O)c2ccncc2Cl)cc1C. The first kappa shape index (κ1) is 12.1. The van der Waals surface area contributed by atoms with Crippen molar-refractivity contribution in [3.63, 3.8) is 0 Å². The molecule has 1 aromatic carbocycles. The smallest absolute Gasteiger partial charge is 0.106 e. The molecule has 0 aliphatic carbocycles. The summed E-state index contributed by atoms with van der Waals surface area (Å²) in [6.07, 6.45) is 2.47. The average molecular weight is 248 g/mol. The Hall–Kier alpha value is -1.38. The van der Waals surface area contributed by atoms with E-state index in [0.717, 1.165) is 11.1 Å². The Balaban J connectivity index is 2.40. The molecule has 88 valence electrons. The van der Waals surface area contributed by atoms with Crippen molar-refractivity contribution in [2.75, 3.05) is 0 Å². The Bertz CT molecular complexity index is 539. The van der Waals surface area contributed by atoms with Gasteiger partial charge >= 0.3 is 0 Å². The third-order valence-corrected chi connectivity index (χ3v) is 3.26. The molecule has 0 bridgehead atoms. The third kappa shape index (κ3) is 2.48. The van der Waals surface area contributed by atoms with E-state index in [9.17, 15) is 5.11 Å². The summed E-state index contributed by atoms with van der Waals surface area (Å²) in [7, 11) is 0. The monoisotopic (exact) mass is 247 g/mol. The minimum Gasteiger partial charge on any atom is -0.384 e. The van der Waals surface area contributed by atoms with E-state index >= 15 is 0 Å². The lowest BCUT2D eigenvalue weighted by Crippen LogP contribution is -2.01. The van der Waals surface area contributed by atoms with Crippen LogP contribution in [-0.4, -0.2) is 10.1 Å². The molecule has 1 heterocycles. The number of aliphatic hydroxyl groups excluding tert-OH is 1. The summed E-state index contributed by atoms with van der Waals surface area (Å²) in [6, 6.07) is 7.64. The van der Waals surface area contributed by atoms with Gasteiger partial charge in [0.25, 0.3) is 0 Å². The molecule has 3 heteroatoms. The van der Waals surface area contributed by atoms with Gasteiger partial charge in [0.2, 0.25) is 0 Å². The lowest BCUT2D eigenvalue weighted by molar-refractivity contribution is 0.220. The molecule has 0 aliphatic rings. The molecular weight excluding hydrogens is 234 g/mol. The second-order valence-electron chi connectivity index (χ2n) is 4.14. The van der Waals surface area contributed by atoms with Crippen LogP contribution in [0, 0.1) is 13.8 Å². The number of halogens is 1. The first-order valence-corrected chi connectivity index (χ1v) is 5.82. The van der Waals surface area contributed by atoms with Gasteiger partial charge in [-0.05, 0) is 36.6 Å². The number of rotatable bonds is 2. The second kappa shape index (κ2) is 4.86. The second-order valence-corrected chi connectivity index (χ2v) is 4.55. The van der Waals surface area contributed by atoms with Gasteiger partial charge in [0, 0.05) is 18.0 Å². The number of hydrogen-bond acceptors (Lipinski definition) is 2. The van der Waals surface area contributed by atoms with Gasteiger partial charge in [0.15, 0.2) is 0 Å². The fourth-order valence-electron chi connectivity index (χ4n) is 1.72. The minimum absolute atomic E-state index is 0.484. The first-order chi connectivity index (χ1) is 8.09. The average Bonchev–Trinajstić information content (AvgIpc) is 2.32. The Morgan fingerprint density at radius 3 is 2.59 bits per heavy atom. The molecule has 2 rings (SSSR count). The van der Waals surface area contributed by atoms with Gasteiger partial charge in [0.05, 0.1) is 5.02 Å². The van der Waals surface area contributed by atoms with Crippen molar-refractivity contribution >= 4 is 11.6 Å². The maximum Gasteiger partial charge on any atom is 0.106 e. The van der Waals surface area contributed by atoms with E-state index in [1.165, 1.54) is 5.56 Å². The Labute approximate surface area is 106 Å². The lowest BCUT2D eigenvalue weighted by Gasteiger charge is -2.14. The summed E-state index contributed by atoms with van der Waals surface area (Å²) < 4.78 is 0. The summed E-state index contributed by atoms with van der Waals surface area (Å²) in [5.74, 6) is 0. The number of aryl methyl sites for hydroxylation is 2. The van der Waals surface area contributed by atoms with Crippen molar-refractivity contribution in [3.8, 4) is 0 Å². The van der Waals surface area contributed by atoms with Crippen LogP contribution in [0.4, 0.5) is 0 Å². The van der Waals surface area contributed by atoms with Crippen LogP contribution < -0.4 is 0 Å². The Morgan fingerprint density at radius 1 is 1.18 bits per heavy atom. The van der Waals surface area contributed by atoms with Crippen molar-refractivity contribution in [1.82, 2.24) is 4.98 Å². The zero-order chi connectivity index (χ0) is 12.4. The van der Waals surface area contributed by atoms with Crippen LogP contribution in [0.5, 0.6) is 0 Å². The number of hydrogen-bond donors (Lipinski definition) is 1. The zero-order valence-corrected chi connectivity index (χ0v) is 10.6. The van der Waals surface area contributed by atoms with Crippen LogP contribution in [0.3, 0.4) is 0 Å². The number of aromatic nitrogens is 1. The number of aliphatic hydroxyl groups is 1. The number of nitrogens with zero attached hydrogens (tertiary/aromatic N) is 1. The van der Waals surface area contributed by atoms with Gasteiger partial charge in [-0.3, -0.25) is 4.98 Å². The van der Waals surface area contributed by atoms with E-state index < -0.39 is 6.10 Å². The van der Waals surface area contributed by atoms with Crippen LogP contribution in [0.15, 0.2) is 36.7 Å². The summed E-state index contributed by atoms with van der Waals surface area (Å²) in [6.45, 7) is 4.07. The van der Waals surface area contributed by atoms with Crippen LogP contribution in [0.2, 0.25) is 5.02 Å². The van der Waals surface area contributed by atoms with Gasteiger partial charge in [-0.2, -0.15) is 0 Å². The highest BCUT2D eigenvalue weighted by molar-refractivity contribution is 6.31. The zero-order valence-electron chi connectivity index (χ0n) is 9.81. The van der Waals surface area contributed by atoms with E-state index in [4.69, 9.17) is 11.6 Å². The highest BCUT2D eigenvalue weighted by Crippen LogP contribution is 2.28. The standard InChI is InChI=1S/C14H14ClNO/c1-9-3-4-11(7-10(9)2)14(17)12-5-6-16-8-13(12)15/h3-8,14,17H,1-2H3. The highest BCUT2D eigenvalue weighted by atomic mass is 35.5. The summed E-state index contributed by atoms with van der Waals surface area (Å²) in [5, 5.41) is 10.8. The van der Waals surface area contributed by atoms with E-state index in [1.807, 2.05) is 32.0 Å². The van der Waals surface area contributed by atoms with E-state index in [-0.39, 0.29) is 0 Å². The molecule has 2 aromatic rings. The van der Waals surface area contributed by atoms with E-state index in [1.54, 1.807) is 18.5 Å². The van der Waals surface area contributed by atoms with E-state index in [2.05, 4.69) is 4.98 Å². The topological polar surface area (TPSA) is 33.1 Å². The molecule has 17 heavy (non-hydrogen) atoms. The molecule has 1 N–H and O–H groups in total. The maximum absolute atomic E-state index is 10.3. The molecule has 0 spiro atoms. The predicted molar refractivity (Wildman–Crippen MR) is 69.2 cm³/mol. The molecule has 0 saturated heterocycles. The van der Waals surface area contributed by atoms with Crippen LogP contribution in [-0.2, 0) is 0 Å². The fourth-order valence-corrected chi connectivity index (χ4v) is 1.94. The molecule has 0 aliphatic heterocycles. The lowest BCUT2D eigenvalue weighted by atomic mass is 9.98. The number of pyridine rings is 1. The van der Waals surface area contributed by atoms with Gasteiger partial charge in [-0.1, -0.05) is 29.8 Å². The van der Waals surface area contributed by atoms with Crippen molar-refractivity contribution in [3.05, 3.63) is 63.9 Å². The van der Waals surface area contributed by atoms with Gasteiger partial charge < -0.3 is 5.11 Å². The molecular formula is C14H14ClNO. The molecule has 0 saturated carbocycles. The van der Waals surface area contributed by atoms with Crippen LogP contribution in [0.25, 0.3) is 0 Å². The van der Waals surface area contributed by atoms with Gasteiger partial charge in [-0.25, -0.2) is 0 Å². The van der Waals surface area contributed by atoms with Crippen molar-refractivity contribution in [2.45, 2.75) is 20.0 Å². The highest BCUT2D eigenvalue weighted by Gasteiger charge is 2.14. The predicted octanol–water partition coefficient (Wildman–Crippen LogP) is 3.43. The van der Waals surface area contributed by atoms with Gasteiger partial charge in [-0.15, -0.1) is 0 Å². The molecule has 1 aromatic heterocycles. The van der Waals surface area contributed by atoms with Gasteiger partial charge in [0.1, 0.15) is 6.10 Å². The molecule has 1 unspecified atom stereocenters. The van der Waals surface area contributed by atoms with Crippen LogP contribution in [0.1, 0.15) is 28.4 Å². The Morgan fingerprint density at radius 2 is 1.94 bits per heavy atom. The number of benzene rings is 1. The summed E-state index contributed by atoms with van der Waals surface area (Å²) >= 11 is 6.02. The van der Waals surface area contributed by atoms with Crippen molar-refractivity contribution in [2.24, 2.45) is 0 Å². The quantitative estimate of drug-likeness (QED) is 0.882. The first-order valence-electron chi connectivity index (χ1n) is 5.44. The fraction of sp³-hybridized carbons (Fsp3) is 0.214. The van der Waals surface area contributed by atoms with Crippen molar-refractivity contribution in [1.29, 1.82) is 0 Å². The molecule has 2 nitrogen and oxygen atoms in total. The molecule has 0 amide bonds. The molecule has 0 fully saturated rings. The van der Waals surface area contributed by atoms with Crippen LogP contribution >= 0.6 is 11.6 Å². The third-order valence-electron chi connectivity index (χ3n) is 2.95. The summed E-state index contributed by atoms with van der Waals surface area (Å²) in [4.78, 5) is 3.91.